The van der Waals surface area contributed by atoms with Crippen LogP contribution in [-0.4, -0.2) is 10.4 Å². The maximum Gasteiger partial charge on any atom is 0.100 e. The lowest BCUT2D eigenvalue weighted by Gasteiger charge is -2.02. The quantitative estimate of drug-likeness (QED) is 0.820. The van der Waals surface area contributed by atoms with Crippen molar-refractivity contribution in [3.05, 3.63) is 20.3 Å². The second-order valence-electron chi connectivity index (χ2n) is 1.95. The minimum atomic E-state index is -0.564. The predicted molar refractivity (Wildman–Crippen MR) is 53.1 cm³/mol. The van der Waals surface area contributed by atoms with Crippen molar-refractivity contribution in [3.63, 3.8) is 0 Å². The van der Waals surface area contributed by atoms with Crippen molar-refractivity contribution in [1.82, 2.24) is 0 Å². The van der Waals surface area contributed by atoms with Gasteiger partial charge in [-0.25, -0.2) is 0 Å². The van der Waals surface area contributed by atoms with Crippen molar-refractivity contribution >= 4 is 50.5 Å². The molecule has 0 aliphatic heterocycles. The number of halogens is 3. The minimum Gasteiger partial charge on any atom is -0.387 e. The highest BCUT2D eigenvalue weighted by Crippen LogP contribution is 2.35. The van der Waals surface area contributed by atoms with Gasteiger partial charge in [-0.15, -0.1) is 11.3 Å². The predicted octanol–water partition coefficient (Wildman–Crippen LogP) is 3.48. The van der Waals surface area contributed by atoms with E-state index in [0.717, 1.165) is 0 Å². The van der Waals surface area contributed by atoms with E-state index in [2.05, 4.69) is 15.9 Å². The molecule has 11 heavy (non-hydrogen) atoms. The molecule has 0 aliphatic carbocycles. The van der Waals surface area contributed by atoms with E-state index in [4.69, 9.17) is 23.2 Å². The molecule has 0 saturated carbocycles. The molecule has 0 fully saturated rings. The maximum atomic E-state index is 9.34. The summed E-state index contributed by atoms with van der Waals surface area (Å²) in [4.78, 5) is 0. The van der Waals surface area contributed by atoms with E-state index in [0.29, 0.717) is 19.6 Å². The van der Waals surface area contributed by atoms with Crippen LogP contribution in [0.5, 0.6) is 0 Å². The van der Waals surface area contributed by atoms with Gasteiger partial charge in [0, 0.05) is 10.9 Å². The van der Waals surface area contributed by atoms with Crippen molar-refractivity contribution in [2.24, 2.45) is 0 Å². The average molecular weight is 276 g/mol. The Kier molecular flexibility index (Phi) is 3.65. The number of aliphatic hydroxyl groups excluding tert-OH is 1. The lowest BCUT2D eigenvalue weighted by molar-refractivity contribution is 0.206. The van der Waals surface area contributed by atoms with Crippen LogP contribution < -0.4 is 0 Å². The Labute approximate surface area is 87.1 Å². The molecule has 1 N–H and O–H groups in total. The summed E-state index contributed by atoms with van der Waals surface area (Å²) in [6.07, 6.45) is -0.564. The van der Waals surface area contributed by atoms with Crippen LogP contribution in [0, 0.1) is 0 Å². The molecule has 1 atom stereocenters. The summed E-state index contributed by atoms with van der Waals surface area (Å²) in [5.74, 6) is 0. The molecule has 0 aromatic carbocycles. The van der Waals surface area contributed by atoms with Gasteiger partial charge < -0.3 is 5.11 Å². The van der Waals surface area contributed by atoms with E-state index < -0.39 is 6.10 Å². The average Bonchev–Trinajstić information content (AvgIpc) is 2.28. The van der Waals surface area contributed by atoms with Crippen LogP contribution in [0.1, 0.15) is 11.7 Å². The largest absolute Gasteiger partial charge is 0.387 e. The molecule has 1 nitrogen and oxygen atoms in total. The molecule has 0 amide bonds. The lowest BCUT2D eigenvalue weighted by Crippen LogP contribution is -1.95. The first-order valence-corrected chi connectivity index (χ1v) is 5.53. The Morgan fingerprint density at radius 3 is 2.64 bits per heavy atom. The Balaban J connectivity index is 2.93. The molecule has 5 heteroatoms. The fourth-order valence-electron chi connectivity index (χ4n) is 0.663. The third-order valence-electron chi connectivity index (χ3n) is 1.19. The van der Waals surface area contributed by atoms with Crippen molar-refractivity contribution < 1.29 is 5.11 Å². The number of rotatable bonds is 2. The van der Waals surface area contributed by atoms with E-state index in [1.807, 2.05) is 0 Å². The molecule has 0 unspecified atom stereocenters. The fraction of sp³-hybridized carbons (Fsp3) is 0.333. The van der Waals surface area contributed by atoms with E-state index in [1.165, 1.54) is 11.3 Å². The second-order valence-corrected chi connectivity index (χ2v) is 4.88. The third-order valence-corrected chi connectivity index (χ3v) is 3.32. The van der Waals surface area contributed by atoms with Gasteiger partial charge in [0.1, 0.15) is 4.34 Å². The monoisotopic (exact) mass is 274 g/mol. The summed E-state index contributed by atoms with van der Waals surface area (Å²) >= 11 is 15.9. The zero-order valence-electron chi connectivity index (χ0n) is 5.35. The van der Waals surface area contributed by atoms with Gasteiger partial charge in [-0.2, -0.15) is 0 Å². The third kappa shape index (κ3) is 2.33. The molecule has 0 bridgehead atoms. The van der Waals surface area contributed by atoms with Gasteiger partial charge in [-0.3, -0.25) is 0 Å². The van der Waals surface area contributed by atoms with Crippen LogP contribution in [0.3, 0.4) is 0 Å². The highest BCUT2D eigenvalue weighted by atomic mass is 79.9. The molecule has 0 aliphatic rings. The SMILES string of the molecule is O[C@H](CBr)c1cc(Cl)sc1Cl. The first-order chi connectivity index (χ1) is 5.15. The Morgan fingerprint density at radius 2 is 2.27 bits per heavy atom. The van der Waals surface area contributed by atoms with Crippen LogP contribution >= 0.6 is 50.5 Å². The maximum absolute atomic E-state index is 9.34. The molecular weight excluding hydrogens is 271 g/mol. The zero-order chi connectivity index (χ0) is 8.43. The molecule has 1 heterocycles. The number of aliphatic hydroxyl groups is 1. The summed E-state index contributed by atoms with van der Waals surface area (Å²) in [7, 11) is 0. The molecule has 1 aromatic heterocycles. The first kappa shape index (κ1) is 9.81. The highest BCUT2D eigenvalue weighted by Gasteiger charge is 2.13. The van der Waals surface area contributed by atoms with Crippen LogP contribution in [0.25, 0.3) is 0 Å². The van der Waals surface area contributed by atoms with Crippen molar-refractivity contribution in [2.45, 2.75) is 6.10 Å². The van der Waals surface area contributed by atoms with Gasteiger partial charge in [-0.1, -0.05) is 39.1 Å². The van der Waals surface area contributed by atoms with E-state index in [1.54, 1.807) is 6.07 Å². The van der Waals surface area contributed by atoms with Crippen molar-refractivity contribution in [3.8, 4) is 0 Å². The second kappa shape index (κ2) is 4.10. The van der Waals surface area contributed by atoms with Gasteiger partial charge in [-0.05, 0) is 6.07 Å². The van der Waals surface area contributed by atoms with Gasteiger partial charge in [0.05, 0.1) is 10.4 Å². The van der Waals surface area contributed by atoms with Crippen molar-refractivity contribution in [1.29, 1.82) is 0 Å². The van der Waals surface area contributed by atoms with Gasteiger partial charge in [0.2, 0.25) is 0 Å². The topological polar surface area (TPSA) is 20.2 Å². The van der Waals surface area contributed by atoms with Gasteiger partial charge in [0.15, 0.2) is 0 Å². The first-order valence-electron chi connectivity index (χ1n) is 2.84. The zero-order valence-corrected chi connectivity index (χ0v) is 9.27. The summed E-state index contributed by atoms with van der Waals surface area (Å²) in [6, 6.07) is 1.68. The Bertz CT molecular complexity index is 251. The van der Waals surface area contributed by atoms with Gasteiger partial charge >= 0.3 is 0 Å². The standard InChI is InChI=1S/C6H5BrCl2OS/c7-2-4(10)3-1-5(8)11-6(3)9/h1,4,10H,2H2/t4-/m1/s1. The van der Waals surface area contributed by atoms with Crippen LogP contribution in [0.15, 0.2) is 6.07 Å². The summed E-state index contributed by atoms with van der Waals surface area (Å²) in [6.45, 7) is 0. The van der Waals surface area contributed by atoms with Gasteiger partial charge in [0.25, 0.3) is 0 Å². The molecule has 1 aromatic rings. The smallest absolute Gasteiger partial charge is 0.100 e. The molecule has 0 saturated heterocycles. The number of hydrogen-bond acceptors (Lipinski definition) is 2. The number of hydrogen-bond donors (Lipinski definition) is 1. The lowest BCUT2D eigenvalue weighted by atomic mass is 10.2. The summed E-state index contributed by atoms with van der Waals surface area (Å²) in [5, 5.41) is 9.81. The molecule has 1 rings (SSSR count). The Hall–Kier alpha value is 0.720. The van der Waals surface area contributed by atoms with Crippen LogP contribution in [0.2, 0.25) is 8.67 Å². The van der Waals surface area contributed by atoms with E-state index in [-0.39, 0.29) is 0 Å². The van der Waals surface area contributed by atoms with E-state index >= 15 is 0 Å². The minimum absolute atomic E-state index is 0.472. The van der Waals surface area contributed by atoms with Crippen LogP contribution in [0.4, 0.5) is 0 Å². The fourth-order valence-corrected chi connectivity index (χ4v) is 2.58. The van der Waals surface area contributed by atoms with Crippen LogP contribution in [-0.2, 0) is 0 Å². The summed E-state index contributed by atoms with van der Waals surface area (Å²) in [5.41, 5.74) is 0.693. The summed E-state index contributed by atoms with van der Waals surface area (Å²) < 4.78 is 1.16. The molecule has 0 spiro atoms. The number of thiophene rings is 1. The van der Waals surface area contributed by atoms with E-state index in [9.17, 15) is 5.11 Å². The molecule has 0 radical (unpaired) electrons. The number of alkyl halides is 1. The molecular formula is C6H5BrCl2OS. The molecule has 62 valence electrons. The van der Waals surface area contributed by atoms with Crippen molar-refractivity contribution in [2.75, 3.05) is 5.33 Å². The Morgan fingerprint density at radius 1 is 1.64 bits per heavy atom. The normalized spacial score (nSPS) is 13.5. The highest BCUT2D eigenvalue weighted by molar-refractivity contribution is 9.09.